The highest BCUT2D eigenvalue weighted by atomic mass is 35.5. The largest absolute Gasteiger partial charge is 0.416 e. The Bertz CT molecular complexity index is 773. The number of amides is 2. The first kappa shape index (κ1) is 19.1. The molecule has 0 bridgehead atoms. The average Bonchev–Trinajstić information content (AvgIpc) is 2.48. The van der Waals surface area contributed by atoms with Crippen LogP contribution in [-0.4, -0.2) is 6.03 Å². The van der Waals surface area contributed by atoms with Gasteiger partial charge in [0.1, 0.15) is 5.82 Å². The summed E-state index contributed by atoms with van der Waals surface area (Å²) in [6.45, 7) is 3.35. The van der Waals surface area contributed by atoms with E-state index in [1.807, 2.05) is 0 Å². The molecule has 2 amide bonds. The molecular weight excluding hydrogens is 360 g/mol. The topological polar surface area (TPSA) is 41.1 Å². The molecule has 0 saturated heterocycles. The molecule has 2 N–H and O–H groups in total. The Morgan fingerprint density at radius 1 is 1.00 bits per heavy atom. The monoisotopic (exact) mass is 374 g/mol. The second-order valence-corrected chi connectivity index (χ2v) is 6.31. The molecule has 0 atom stereocenters. The van der Waals surface area contributed by atoms with E-state index in [2.05, 4.69) is 10.6 Å². The number of halogens is 5. The van der Waals surface area contributed by atoms with E-state index in [0.717, 1.165) is 18.2 Å². The standard InChI is InChI=1S/C17H15ClF4N2O/c1-16(2,10-3-6-12(19)7-4-10)24-15(25)23-14-9-11(17(20,21)22)5-8-13(14)18/h3-9H,1-2H3,(H2,23,24,25). The van der Waals surface area contributed by atoms with Crippen molar-refractivity contribution in [1.82, 2.24) is 5.32 Å². The maximum atomic E-state index is 13.0. The second kappa shape index (κ2) is 6.92. The van der Waals surface area contributed by atoms with Gasteiger partial charge in [-0.15, -0.1) is 0 Å². The van der Waals surface area contributed by atoms with Crippen molar-refractivity contribution in [3.8, 4) is 0 Å². The number of benzene rings is 2. The van der Waals surface area contributed by atoms with E-state index in [-0.39, 0.29) is 10.7 Å². The third-order valence-corrected chi connectivity index (χ3v) is 3.86. The van der Waals surface area contributed by atoms with Crippen LogP contribution in [0.1, 0.15) is 25.0 Å². The lowest BCUT2D eigenvalue weighted by Gasteiger charge is -2.27. The summed E-state index contributed by atoms with van der Waals surface area (Å²) in [5, 5.41) is 4.89. The van der Waals surface area contributed by atoms with Crippen molar-refractivity contribution in [3.63, 3.8) is 0 Å². The first-order valence-corrected chi connectivity index (χ1v) is 7.59. The fraction of sp³-hybridized carbons (Fsp3) is 0.235. The summed E-state index contributed by atoms with van der Waals surface area (Å²) in [4.78, 5) is 12.1. The van der Waals surface area contributed by atoms with E-state index in [4.69, 9.17) is 11.6 Å². The highest BCUT2D eigenvalue weighted by molar-refractivity contribution is 6.33. The third kappa shape index (κ3) is 4.85. The number of anilines is 1. The molecule has 0 unspecified atom stereocenters. The molecule has 2 aromatic rings. The van der Waals surface area contributed by atoms with Crippen molar-refractivity contribution in [3.05, 3.63) is 64.4 Å². The average molecular weight is 375 g/mol. The summed E-state index contributed by atoms with van der Waals surface area (Å²) in [5.74, 6) is -0.417. The van der Waals surface area contributed by atoms with Gasteiger partial charge in [0.25, 0.3) is 0 Å². The van der Waals surface area contributed by atoms with Crippen LogP contribution < -0.4 is 10.6 Å². The summed E-state index contributed by atoms with van der Waals surface area (Å²) in [5.41, 5.74) is -1.35. The lowest BCUT2D eigenvalue weighted by Crippen LogP contribution is -2.43. The summed E-state index contributed by atoms with van der Waals surface area (Å²) in [6.07, 6.45) is -4.55. The van der Waals surface area contributed by atoms with Crippen molar-refractivity contribution >= 4 is 23.3 Å². The fourth-order valence-electron chi connectivity index (χ4n) is 2.17. The van der Waals surface area contributed by atoms with Gasteiger partial charge in [-0.25, -0.2) is 9.18 Å². The summed E-state index contributed by atoms with van der Waals surface area (Å²) in [6, 6.07) is 7.42. The van der Waals surface area contributed by atoms with Crippen LogP contribution in [0.25, 0.3) is 0 Å². The number of alkyl halides is 3. The van der Waals surface area contributed by atoms with Crippen LogP contribution in [-0.2, 0) is 11.7 Å². The molecule has 3 nitrogen and oxygen atoms in total. The van der Waals surface area contributed by atoms with Crippen molar-refractivity contribution < 1.29 is 22.4 Å². The first-order chi connectivity index (χ1) is 11.5. The van der Waals surface area contributed by atoms with Gasteiger partial charge in [0.2, 0.25) is 0 Å². The Hall–Kier alpha value is -2.28. The van der Waals surface area contributed by atoms with Crippen molar-refractivity contribution in [1.29, 1.82) is 0 Å². The smallest absolute Gasteiger partial charge is 0.329 e. The molecule has 134 valence electrons. The maximum Gasteiger partial charge on any atom is 0.416 e. The predicted octanol–water partition coefficient (Wildman–Crippen LogP) is 5.55. The molecular formula is C17H15ClF4N2O. The zero-order valence-electron chi connectivity index (χ0n) is 13.3. The Labute approximate surface area is 147 Å². The Morgan fingerprint density at radius 2 is 1.56 bits per heavy atom. The van der Waals surface area contributed by atoms with E-state index >= 15 is 0 Å². The van der Waals surface area contributed by atoms with Gasteiger partial charge < -0.3 is 10.6 Å². The Balaban J connectivity index is 2.16. The minimum atomic E-state index is -4.55. The number of hydrogen-bond donors (Lipinski definition) is 2. The SMILES string of the molecule is CC(C)(NC(=O)Nc1cc(C(F)(F)F)ccc1Cl)c1ccc(F)cc1. The fourth-order valence-corrected chi connectivity index (χ4v) is 2.34. The molecule has 0 saturated carbocycles. The molecule has 0 spiro atoms. The van der Waals surface area contributed by atoms with Crippen LogP contribution in [0.15, 0.2) is 42.5 Å². The lowest BCUT2D eigenvalue weighted by atomic mass is 9.94. The molecule has 2 rings (SSSR count). The van der Waals surface area contributed by atoms with Gasteiger partial charge in [-0.1, -0.05) is 23.7 Å². The van der Waals surface area contributed by atoms with E-state index in [1.54, 1.807) is 13.8 Å². The quantitative estimate of drug-likeness (QED) is 0.679. The molecule has 0 fully saturated rings. The second-order valence-electron chi connectivity index (χ2n) is 5.90. The van der Waals surface area contributed by atoms with Crippen LogP contribution >= 0.6 is 11.6 Å². The number of carbonyl (C=O) groups excluding carboxylic acids is 1. The normalized spacial score (nSPS) is 12.0. The third-order valence-electron chi connectivity index (χ3n) is 3.53. The Kier molecular flexibility index (Phi) is 5.27. The van der Waals surface area contributed by atoms with Gasteiger partial charge in [-0.05, 0) is 49.7 Å². The number of hydrogen-bond acceptors (Lipinski definition) is 1. The van der Waals surface area contributed by atoms with Crippen LogP contribution in [0.2, 0.25) is 5.02 Å². The molecule has 0 aliphatic rings. The van der Waals surface area contributed by atoms with E-state index in [9.17, 15) is 22.4 Å². The summed E-state index contributed by atoms with van der Waals surface area (Å²) in [7, 11) is 0. The van der Waals surface area contributed by atoms with Crippen LogP contribution in [0.5, 0.6) is 0 Å². The van der Waals surface area contributed by atoms with Gasteiger partial charge in [0.15, 0.2) is 0 Å². The summed E-state index contributed by atoms with van der Waals surface area (Å²) < 4.78 is 51.3. The maximum absolute atomic E-state index is 13.0. The number of nitrogens with one attached hydrogen (secondary N) is 2. The Morgan fingerprint density at radius 3 is 2.12 bits per heavy atom. The molecule has 2 aromatic carbocycles. The van der Waals surface area contributed by atoms with Crippen molar-refractivity contribution in [2.45, 2.75) is 25.6 Å². The highest BCUT2D eigenvalue weighted by Crippen LogP contribution is 2.34. The zero-order valence-corrected chi connectivity index (χ0v) is 14.1. The molecule has 0 heterocycles. The number of carbonyl (C=O) groups is 1. The zero-order chi connectivity index (χ0) is 18.8. The van der Waals surface area contributed by atoms with E-state index in [0.29, 0.717) is 5.56 Å². The van der Waals surface area contributed by atoms with Gasteiger partial charge >= 0.3 is 12.2 Å². The molecule has 0 radical (unpaired) electrons. The molecule has 0 aliphatic carbocycles. The molecule has 25 heavy (non-hydrogen) atoms. The van der Waals surface area contributed by atoms with E-state index in [1.165, 1.54) is 24.3 Å². The van der Waals surface area contributed by atoms with Gasteiger partial charge in [-0.3, -0.25) is 0 Å². The van der Waals surface area contributed by atoms with Crippen molar-refractivity contribution in [2.75, 3.05) is 5.32 Å². The number of urea groups is 1. The van der Waals surface area contributed by atoms with E-state index < -0.39 is 29.1 Å². The minimum Gasteiger partial charge on any atom is -0.329 e. The van der Waals surface area contributed by atoms with Crippen molar-refractivity contribution in [2.24, 2.45) is 0 Å². The molecule has 0 aliphatic heterocycles. The van der Waals surface area contributed by atoms with Crippen LogP contribution in [0.3, 0.4) is 0 Å². The minimum absolute atomic E-state index is 0.0252. The van der Waals surface area contributed by atoms with Crippen LogP contribution in [0.4, 0.5) is 28.0 Å². The summed E-state index contributed by atoms with van der Waals surface area (Å²) >= 11 is 5.84. The molecule has 0 aromatic heterocycles. The van der Waals surface area contributed by atoms with Gasteiger partial charge in [0, 0.05) is 0 Å². The van der Waals surface area contributed by atoms with Crippen LogP contribution in [0, 0.1) is 5.82 Å². The number of rotatable bonds is 3. The molecule has 8 heteroatoms. The highest BCUT2D eigenvalue weighted by Gasteiger charge is 2.31. The first-order valence-electron chi connectivity index (χ1n) is 7.21. The predicted molar refractivity (Wildman–Crippen MR) is 88.0 cm³/mol. The van der Waals surface area contributed by atoms with Gasteiger partial charge in [0.05, 0.1) is 21.8 Å². The lowest BCUT2D eigenvalue weighted by molar-refractivity contribution is -0.137. The van der Waals surface area contributed by atoms with Gasteiger partial charge in [-0.2, -0.15) is 13.2 Å².